The SMILES string of the molecule is CCNC(=NCC(C(C)C)N1CCOCC1)NCC(O)c1ccc(OC(C)C)cc1. The second kappa shape index (κ2) is 12.8. The van der Waals surface area contributed by atoms with E-state index in [1.54, 1.807) is 0 Å². The minimum absolute atomic E-state index is 0.133. The van der Waals surface area contributed by atoms with Crippen LogP contribution in [0.15, 0.2) is 29.3 Å². The molecule has 30 heavy (non-hydrogen) atoms. The van der Waals surface area contributed by atoms with Crippen LogP contribution in [0.5, 0.6) is 5.75 Å². The molecule has 1 aliphatic rings. The molecule has 0 spiro atoms. The van der Waals surface area contributed by atoms with E-state index in [1.165, 1.54) is 0 Å². The highest BCUT2D eigenvalue weighted by molar-refractivity contribution is 5.79. The van der Waals surface area contributed by atoms with E-state index in [0.717, 1.165) is 50.1 Å². The lowest BCUT2D eigenvalue weighted by Crippen LogP contribution is -2.48. The van der Waals surface area contributed by atoms with E-state index in [9.17, 15) is 5.11 Å². The van der Waals surface area contributed by atoms with Gasteiger partial charge < -0.3 is 25.2 Å². The third-order valence-corrected chi connectivity index (χ3v) is 5.16. The molecule has 1 saturated heterocycles. The van der Waals surface area contributed by atoms with Crippen molar-refractivity contribution in [2.24, 2.45) is 10.9 Å². The summed E-state index contributed by atoms with van der Waals surface area (Å²) in [4.78, 5) is 7.27. The Bertz CT molecular complexity index is 628. The summed E-state index contributed by atoms with van der Waals surface area (Å²) in [5, 5.41) is 17.1. The van der Waals surface area contributed by atoms with Crippen LogP contribution in [0.2, 0.25) is 0 Å². The molecule has 1 heterocycles. The highest BCUT2D eigenvalue weighted by atomic mass is 16.5. The number of benzene rings is 1. The normalized spacial score (nSPS) is 17.8. The van der Waals surface area contributed by atoms with Crippen molar-refractivity contribution in [2.75, 3.05) is 45.9 Å². The summed E-state index contributed by atoms with van der Waals surface area (Å²) in [6.07, 6.45) is -0.490. The Morgan fingerprint density at radius 2 is 1.80 bits per heavy atom. The number of nitrogens with zero attached hydrogens (tertiary/aromatic N) is 2. The van der Waals surface area contributed by atoms with Crippen LogP contribution in [0.1, 0.15) is 46.3 Å². The van der Waals surface area contributed by atoms with Gasteiger partial charge in [0, 0.05) is 32.2 Å². The summed E-state index contributed by atoms with van der Waals surface area (Å²) in [7, 11) is 0. The number of guanidine groups is 1. The lowest BCUT2D eigenvalue weighted by molar-refractivity contribution is 0.00867. The first-order valence-corrected chi connectivity index (χ1v) is 11.2. The summed E-state index contributed by atoms with van der Waals surface area (Å²) in [5.41, 5.74) is 0.850. The summed E-state index contributed by atoms with van der Waals surface area (Å²) in [6, 6.07) is 7.98. The number of hydrogen-bond donors (Lipinski definition) is 3. The second-order valence-corrected chi connectivity index (χ2v) is 8.31. The Labute approximate surface area is 181 Å². The van der Waals surface area contributed by atoms with Gasteiger partial charge >= 0.3 is 0 Å². The number of aliphatic hydroxyl groups excluding tert-OH is 1. The van der Waals surface area contributed by atoms with Crippen LogP contribution in [0.25, 0.3) is 0 Å². The average Bonchev–Trinajstić information content (AvgIpc) is 2.72. The van der Waals surface area contributed by atoms with Gasteiger partial charge in [0.1, 0.15) is 5.75 Å². The van der Waals surface area contributed by atoms with E-state index < -0.39 is 6.10 Å². The minimum Gasteiger partial charge on any atom is -0.491 e. The Balaban J connectivity index is 1.93. The zero-order valence-electron chi connectivity index (χ0n) is 19.2. The van der Waals surface area contributed by atoms with Crippen molar-refractivity contribution in [1.82, 2.24) is 15.5 Å². The Kier molecular flexibility index (Phi) is 10.4. The number of aliphatic hydroxyl groups is 1. The zero-order chi connectivity index (χ0) is 21.9. The molecule has 0 radical (unpaired) electrons. The maximum atomic E-state index is 10.6. The molecule has 0 aliphatic carbocycles. The first kappa shape index (κ1) is 24.4. The van der Waals surface area contributed by atoms with Crippen molar-refractivity contribution in [1.29, 1.82) is 0 Å². The molecule has 1 aromatic carbocycles. The molecule has 0 saturated carbocycles. The number of morpholine rings is 1. The van der Waals surface area contributed by atoms with Crippen LogP contribution in [0.4, 0.5) is 0 Å². The van der Waals surface area contributed by atoms with Crippen LogP contribution in [-0.4, -0.2) is 74.0 Å². The van der Waals surface area contributed by atoms with Gasteiger partial charge in [0.25, 0.3) is 0 Å². The molecule has 2 rings (SSSR count). The molecule has 0 amide bonds. The molecule has 1 fully saturated rings. The molecule has 7 nitrogen and oxygen atoms in total. The number of aliphatic imine (C=N–C) groups is 1. The molecule has 1 aromatic rings. The van der Waals surface area contributed by atoms with E-state index in [4.69, 9.17) is 14.5 Å². The molecule has 7 heteroatoms. The number of ether oxygens (including phenoxy) is 2. The predicted octanol–water partition coefficient (Wildman–Crippen LogP) is 2.42. The topological polar surface area (TPSA) is 78.4 Å². The number of rotatable bonds is 10. The van der Waals surface area contributed by atoms with Crippen LogP contribution < -0.4 is 15.4 Å². The van der Waals surface area contributed by atoms with Gasteiger partial charge in [-0.25, -0.2) is 0 Å². The second-order valence-electron chi connectivity index (χ2n) is 8.31. The molecule has 1 aliphatic heterocycles. The molecule has 3 N–H and O–H groups in total. The lowest BCUT2D eigenvalue weighted by atomic mass is 10.0. The summed E-state index contributed by atoms with van der Waals surface area (Å²) < 4.78 is 11.2. The molecule has 170 valence electrons. The molecule has 0 aromatic heterocycles. The van der Waals surface area contributed by atoms with Gasteiger partial charge in [0.15, 0.2) is 5.96 Å². The van der Waals surface area contributed by atoms with Gasteiger partial charge in [-0.2, -0.15) is 0 Å². The van der Waals surface area contributed by atoms with E-state index in [-0.39, 0.29) is 6.10 Å². The number of hydrogen-bond acceptors (Lipinski definition) is 5. The van der Waals surface area contributed by atoms with Crippen LogP contribution in [0, 0.1) is 5.92 Å². The monoisotopic (exact) mass is 420 g/mol. The summed E-state index contributed by atoms with van der Waals surface area (Å²) in [5.74, 6) is 2.05. The van der Waals surface area contributed by atoms with Crippen molar-refractivity contribution in [3.63, 3.8) is 0 Å². The van der Waals surface area contributed by atoms with E-state index >= 15 is 0 Å². The van der Waals surface area contributed by atoms with E-state index in [2.05, 4.69) is 29.4 Å². The smallest absolute Gasteiger partial charge is 0.191 e. The van der Waals surface area contributed by atoms with Gasteiger partial charge in [0.2, 0.25) is 0 Å². The quantitative estimate of drug-likeness (QED) is 0.399. The van der Waals surface area contributed by atoms with Gasteiger partial charge in [-0.05, 0) is 44.4 Å². The fraction of sp³-hybridized carbons (Fsp3) is 0.696. The maximum Gasteiger partial charge on any atom is 0.191 e. The Morgan fingerprint density at radius 1 is 1.13 bits per heavy atom. The fourth-order valence-corrected chi connectivity index (χ4v) is 3.54. The molecule has 2 atom stereocenters. The highest BCUT2D eigenvalue weighted by Gasteiger charge is 2.23. The Hall–Kier alpha value is -1.83. The predicted molar refractivity (Wildman–Crippen MR) is 122 cm³/mol. The van der Waals surface area contributed by atoms with Crippen LogP contribution in [-0.2, 0) is 4.74 Å². The van der Waals surface area contributed by atoms with Crippen molar-refractivity contribution < 1.29 is 14.6 Å². The molecular weight excluding hydrogens is 380 g/mol. The summed E-state index contributed by atoms with van der Waals surface area (Å²) in [6.45, 7) is 15.9. The van der Waals surface area contributed by atoms with Crippen LogP contribution in [0.3, 0.4) is 0 Å². The van der Waals surface area contributed by atoms with Gasteiger partial charge in [0.05, 0.1) is 32.0 Å². The fourth-order valence-electron chi connectivity index (χ4n) is 3.54. The van der Waals surface area contributed by atoms with Crippen molar-refractivity contribution in [3.05, 3.63) is 29.8 Å². The first-order chi connectivity index (χ1) is 14.4. The van der Waals surface area contributed by atoms with E-state index in [0.29, 0.717) is 25.0 Å². The third kappa shape index (κ3) is 8.13. The minimum atomic E-state index is -0.623. The highest BCUT2D eigenvalue weighted by Crippen LogP contribution is 2.18. The molecule has 2 unspecified atom stereocenters. The van der Waals surface area contributed by atoms with Crippen LogP contribution >= 0.6 is 0 Å². The van der Waals surface area contributed by atoms with Crippen molar-refractivity contribution in [3.8, 4) is 5.75 Å². The van der Waals surface area contributed by atoms with Gasteiger partial charge in [-0.3, -0.25) is 9.89 Å². The average molecular weight is 421 g/mol. The zero-order valence-corrected chi connectivity index (χ0v) is 19.2. The third-order valence-electron chi connectivity index (χ3n) is 5.16. The van der Waals surface area contributed by atoms with Crippen molar-refractivity contribution in [2.45, 2.75) is 52.9 Å². The first-order valence-electron chi connectivity index (χ1n) is 11.2. The van der Waals surface area contributed by atoms with Crippen molar-refractivity contribution >= 4 is 5.96 Å². The molecule has 0 bridgehead atoms. The standard InChI is InChI=1S/C23H40N4O3/c1-6-24-23(25-15-21(17(2)3)27-11-13-29-14-12-27)26-16-22(28)19-7-9-20(10-8-19)30-18(4)5/h7-10,17-18,21-22,28H,6,11-16H2,1-5H3,(H2,24,25,26). The lowest BCUT2D eigenvalue weighted by Gasteiger charge is -2.36. The summed E-state index contributed by atoms with van der Waals surface area (Å²) >= 11 is 0. The number of nitrogens with one attached hydrogen (secondary N) is 2. The molecular formula is C23H40N4O3. The Morgan fingerprint density at radius 3 is 2.37 bits per heavy atom. The van der Waals surface area contributed by atoms with Gasteiger partial charge in [-0.15, -0.1) is 0 Å². The van der Waals surface area contributed by atoms with Gasteiger partial charge in [-0.1, -0.05) is 26.0 Å². The van der Waals surface area contributed by atoms with E-state index in [1.807, 2.05) is 45.0 Å². The largest absolute Gasteiger partial charge is 0.491 e. The maximum absolute atomic E-state index is 10.6.